The summed E-state index contributed by atoms with van der Waals surface area (Å²) in [4.78, 5) is 10.3. The number of hydrogen-bond acceptors (Lipinski definition) is 1. The maximum atomic E-state index is 10.3. The molecule has 1 N–H and O–H groups in total. The summed E-state index contributed by atoms with van der Waals surface area (Å²) in [7, 11) is 0. The fourth-order valence-electron chi connectivity index (χ4n) is 1.88. The molecule has 2 nitrogen and oxygen atoms in total. The number of carboxylic acids is 1. The molecule has 0 saturated carbocycles. The van der Waals surface area contributed by atoms with E-state index in [1.165, 1.54) is 44.9 Å². The summed E-state index contributed by atoms with van der Waals surface area (Å²) in [6.07, 6.45) is 14.4. The van der Waals surface area contributed by atoms with Crippen LogP contribution in [0.5, 0.6) is 0 Å². The number of carboxylic acid groups (broad SMARTS) is 1. The van der Waals surface area contributed by atoms with Crippen molar-refractivity contribution >= 4 is 5.97 Å². The molecule has 0 spiro atoms. The van der Waals surface area contributed by atoms with Crippen LogP contribution in [-0.2, 0) is 4.79 Å². The molecule has 17 heavy (non-hydrogen) atoms. The van der Waals surface area contributed by atoms with Gasteiger partial charge in [0, 0.05) is 6.42 Å². The van der Waals surface area contributed by atoms with Crippen molar-refractivity contribution in [1.82, 2.24) is 0 Å². The fraction of sp³-hybridized carbons (Fsp3) is 0.800. The van der Waals surface area contributed by atoms with Gasteiger partial charge in [0.05, 0.1) is 0 Å². The Balaban J connectivity index is 3.33. The highest BCUT2D eigenvalue weighted by Gasteiger charge is 1.98. The summed E-state index contributed by atoms with van der Waals surface area (Å²) in [6, 6.07) is 0. The van der Waals surface area contributed by atoms with Gasteiger partial charge in [-0.05, 0) is 18.8 Å². The molecule has 0 aliphatic rings. The molecule has 2 heteroatoms. The first-order valence-corrected chi connectivity index (χ1v) is 7.05. The largest absolute Gasteiger partial charge is 0.481 e. The second-order valence-corrected chi connectivity index (χ2v) is 4.89. The summed E-state index contributed by atoms with van der Waals surface area (Å²) in [5.74, 6) is -0.117. The van der Waals surface area contributed by atoms with Crippen molar-refractivity contribution in [3.05, 3.63) is 12.2 Å². The SMILES string of the molecule is CCCCCCCCC(C)/C=C/CCC(=O)O. The van der Waals surface area contributed by atoms with Crippen LogP contribution >= 0.6 is 0 Å². The molecule has 0 bridgehead atoms. The molecule has 0 aliphatic carbocycles. The first kappa shape index (κ1) is 16.2. The van der Waals surface area contributed by atoms with E-state index in [1.807, 2.05) is 6.08 Å². The van der Waals surface area contributed by atoms with Crippen LogP contribution in [0.3, 0.4) is 0 Å². The van der Waals surface area contributed by atoms with E-state index in [9.17, 15) is 4.79 Å². The fourth-order valence-corrected chi connectivity index (χ4v) is 1.88. The zero-order chi connectivity index (χ0) is 12.9. The number of hydrogen-bond donors (Lipinski definition) is 1. The lowest BCUT2D eigenvalue weighted by Gasteiger charge is -2.05. The third-order valence-corrected chi connectivity index (χ3v) is 3.00. The first-order chi connectivity index (χ1) is 8.16. The molecule has 1 atom stereocenters. The second-order valence-electron chi connectivity index (χ2n) is 4.89. The third kappa shape index (κ3) is 13.1. The zero-order valence-electron chi connectivity index (χ0n) is 11.5. The predicted octanol–water partition coefficient (Wildman–Crippen LogP) is 4.79. The minimum atomic E-state index is -0.710. The number of unbranched alkanes of at least 4 members (excludes halogenated alkanes) is 5. The highest BCUT2D eigenvalue weighted by Crippen LogP contribution is 2.13. The van der Waals surface area contributed by atoms with E-state index >= 15 is 0 Å². The molecule has 1 unspecified atom stereocenters. The number of rotatable bonds is 11. The Morgan fingerprint density at radius 2 is 1.82 bits per heavy atom. The molecular weight excluding hydrogens is 212 g/mol. The standard InChI is InChI=1S/C15H28O2/c1-3-4-5-6-7-8-11-14(2)12-9-10-13-15(16)17/h9,12,14H,3-8,10-11,13H2,1-2H3,(H,16,17)/b12-9+. The summed E-state index contributed by atoms with van der Waals surface area (Å²) in [6.45, 7) is 4.45. The Kier molecular flexibility index (Phi) is 11.1. The maximum Gasteiger partial charge on any atom is 0.303 e. The molecular formula is C15H28O2. The van der Waals surface area contributed by atoms with Crippen LogP contribution in [0.1, 0.15) is 71.6 Å². The van der Waals surface area contributed by atoms with E-state index in [0.717, 1.165) is 0 Å². The normalized spacial score (nSPS) is 13.1. The highest BCUT2D eigenvalue weighted by molar-refractivity contribution is 5.66. The van der Waals surface area contributed by atoms with Gasteiger partial charge in [-0.25, -0.2) is 0 Å². The highest BCUT2D eigenvalue weighted by atomic mass is 16.4. The van der Waals surface area contributed by atoms with Crippen LogP contribution in [0.4, 0.5) is 0 Å². The Morgan fingerprint density at radius 3 is 2.47 bits per heavy atom. The Bertz CT molecular complexity index is 209. The third-order valence-electron chi connectivity index (χ3n) is 3.00. The van der Waals surface area contributed by atoms with Crippen molar-refractivity contribution in [2.75, 3.05) is 0 Å². The molecule has 0 rings (SSSR count). The number of allylic oxidation sites excluding steroid dienone is 2. The quantitative estimate of drug-likeness (QED) is 0.416. The smallest absolute Gasteiger partial charge is 0.303 e. The molecule has 0 heterocycles. The van der Waals surface area contributed by atoms with Crippen molar-refractivity contribution < 1.29 is 9.90 Å². The van der Waals surface area contributed by atoms with Gasteiger partial charge < -0.3 is 5.11 Å². The van der Waals surface area contributed by atoms with Crippen molar-refractivity contribution in [3.8, 4) is 0 Å². The summed E-state index contributed by atoms with van der Waals surface area (Å²) < 4.78 is 0. The molecule has 0 aliphatic heterocycles. The minimum absolute atomic E-state index is 0.250. The van der Waals surface area contributed by atoms with E-state index < -0.39 is 5.97 Å². The number of carbonyl (C=O) groups is 1. The topological polar surface area (TPSA) is 37.3 Å². The first-order valence-electron chi connectivity index (χ1n) is 7.05. The maximum absolute atomic E-state index is 10.3. The summed E-state index contributed by atoms with van der Waals surface area (Å²) in [5.41, 5.74) is 0. The molecule has 0 radical (unpaired) electrons. The monoisotopic (exact) mass is 240 g/mol. The second kappa shape index (κ2) is 11.7. The van der Waals surface area contributed by atoms with Gasteiger partial charge in [0.2, 0.25) is 0 Å². The summed E-state index contributed by atoms with van der Waals surface area (Å²) in [5, 5.41) is 8.49. The van der Waals surface area contributed by atoms with Gasteiger partial charge in [-0.2, -0.15) is 0 Å². The zero-order valence-corrected chi connectivity index (χ0v) is 11.5. The van der Waals surface area contributed by atoms with Gasteiger partial charge in [0.25, 0.3) is 0 Å². The molecule has 0 aromatic heterocycles. The van der Waals surface area contributed by atoms with Gasteiger partial charge in [-0.15, -0.1) is 0 Å². The van der Waals surface area contributed by atoms with Gasteiger partial charge >= 0.3 is 5.97 Å². The van der Waals surface area contributed by atoms with E-state index in [0.29, 0.717) is 12.3 Å². The Hall–Kier alpha value is -0.790. The van der Waals surface area contributed by atoms with Gasteiger partial charge in [-0.3, -0.25) is 4.79 Å². The minimum Gasteiger partial charge on any atom is -0.481 e. The van der Waals surface area contributed by atoms with E-state index in [-0.39, 0.29) is 6.42 Å². The van der Waals surface area contributed by atoms with Gasteiger partial charge in [0.1, 0.15) is 0 Å². The van der Waals surface area contributed by atoms with Crippen molar-refractivity contribution in [2.24, 2.45) is 5.92 Å². The Morgan fingerprint density at radius 1 is 1.18 bits per heavy atom. The van der Waals surface area contributed by atoms with Crippen LogP contribution in [0.25, 0.3) is 0 Å². The van der Waals surface area contributed by atoms with Crippen LogP contribution in [0, 0.1) is 5.92 Å². The lowest BCUT2D eigenvalue weighted by Crippen LogP contribution is -1.93. The molecule has 0 amide bonds. The van der Waals surface area contributed by atoms with Crippen LogP contribution < -0.4 is 0 Å². The molecule has 0 aromatic rings. The van der Waals surface area contributed by atoms with Gasteiger partial charge in [0.15, 0.2) is 0 Å². The van der Waals surface area contributed by atoms with Crippen molar-refractivity contribution in [2.45, 2.75) is 71.6 Å². The number of aliphatic carboxylic acids is 1. The lowest BCUT2D eigenvalue weighted by atomic mass is 10.0. The lowest BCUT2D eigenvalue weighted by molar-refractivity contribution is -0.136. The Labute approximate surface area is 106 Å². The average molecular weight is 240 g/mol. The van der Waals surface area contributed by atoms with Crippen LogP contribution in [0.15, 0.2) is 12.2 Å². The molecule has 0 fully saturated rings. The molecule has 0 saturated heterocycles. The van der Waals surface area contributed by atoms with E-state index in [2.05, 4.69) is 19.9 Å². The van der Waals surface area contributed by atoms with E-state index in [4.69, 9.17) is 5.11 Å². The predicted molar refractivity (Wildman–Crippen MR) is 73.2 cm³/mol. The van der Waals surface area contributed by atoms with Crippen LogP contribution in [-0.4, -0.2) is 11.1 Å². The molecule has 0 aromatic carbocycles. The van der Waals surface area contributed by atoms with E-state index in [1.54, 1.807) is 0 Å². The average Bonchev–Trinajstić information content (AvgIpc) is 2.29. The van der Waals surface area contributed by atoms with Gasteiger partial charge in [-0.1, -0.05) is 64.5 Å². The van der Waals surface area contributed by atoms with Crippen LogP contribution in [0.2, 0.25) is 0 Å². The van der Waals surface area contributed by atoms with Crippen molar-refractivity contribution in [3.63, 3.8) is 0 Å². The molecule has 100 valence electrons. The summed E-state index contributed by atoms with van der Waals surface area (Å²) >= 11 is 0. The van der Waals surface area contributed by atoms with Crippen molar-refractivity contribution in [1.29, 1.82) is 0 Å².